The van der Waals surface area contributed by atoms with Crippen molar-refractivity contribution in [1.29, 1.82) is 0 Å². The number of hydrogen-bond acceptors (Lipinski definition) is 4. The molecule has 0 unspecified atom stereocenters. The molecule has 0 atom stereocenters. The lowest BCUT2D eigenvalue weighted by Gasteiger charge is -2.06. The van der Waals surface area contributed by atoms with Gasteiger partial charge in [0.25, 0.3) is 5.91 Å². The van der Waals surface area contributed by atoms with E-state index in [4.69, 9.17) is 0 Å². The Kier molecular flexibility index (Phi) is 4.41. The zero-order valence-corrected chi connectivity index (χ0v) is 13.4. The summed E-state index contributed by atoms with van der Waals surface area (Å²) >= 11 is 3.33. The van der Waals surface area contributed by atoms with Crippen LogP contribution < -0.4 is 10.6 Å². The summed E-state index contributed by atoms with van der Waals surface area (Å²) in [7, 11) is 3.18. The second kappa shape index (κ2) is 6.08. The normalized spacial score (nSPS) is 10.5. The highest BCUT2D eigenvalue weighted by Crippen LogP contribution is 2.15. The first kappa shape index (κ1) is 15.2. The Bertz CT molecular complexity index is 690. The molecule has 8 nitrogen and oxygen atoms in total. The van der Waals surface area contributed by atoms with Crippen LogP contribution in [0.5, 0.6) is 0 Å². The molecule has 0 fully saturated rings. The summed E-state index contributed by atoms with van der Waals surface area (Å²) in [5.41, 5.74) is 1.39. The van der Waals surface area contributed by atoms with Crippen LogP contribution in [0.3, 0.4) is 0 Å². The molecule has 9 heteroatoms. The van der Waals surface area contributed by atoms with Crippen molar-refractivity contribution in [3.63, 3.8) is 0 Å². The summed E-state index contributed by atoms with van der Waals surface area (Å²) in [5, 5.41) is 13.3. The van der Waals surface area contributed by atoms with Crippen molar-refractivity contribution in [2.75, 3.05) is 12.4 Å². The van der Waals surface area contributed by atoms with Gasteiger partial charge in [-0.1, -0.05) is 0 Å². The molecule has 0 aliphatic carbocycles. The Morgan fingerprint density at radius 1 is 1.43 bits per heavy atom. The zero-order chi connectivity index (χ0) is 15.6. The molecule has 2 aromatic rings. The van der Waals surface area contributed by atoms with Gasteiger partial charge in [0.15, 0.2) is 5.69 Å². The van der Waals surface area contributed by atoms with Crippen LogP contribution in [0.2, 0.25) is 0 Å². The number of carbonyl (C=O) groups excluding carboxylic acids is 2. The molecule has 21 heavy (non-hydrogen) atoms. The lowest BCUT2D eigenvalue weighted by atomic mass is 10.3. The number of halogens is 1. The summed E-state index contributed by atoms with van der Waals surface area (Å²) in [4.78, 5) is 23.7. The van der Waals surface area contributed by atoms with Gasteiger partial charge in [0.05, 0.1) is 22.1 Å². The summed E-state index contributed by atoms with van der Waals surface area (Å²) < 4.78 is 3.87. The van der Waals surface area contributed by atoms with Gasteiger partial charge in [-0.15, -0.1) is 0 Å². The predicted octanol–water partition coefficient (Wildman–Crippen LogP) is 0.686. The minimum Gasteiger partial charge on any atom is -0.354 e. The highest BCUT2D eigenvalue weighted by Gasteiger charge is 2.17. The number of hydrogen-bond donors (Lipinski definition) is 2. The van der Waals surface area contributed by atoms with Crippen molar-refractivity contribution in [3.8, 4) is 0 Å². The summed E-state index contributed by atoms with van der Waals surface area (Å²) in [6.07, 6.45) is 3.21. The Morgan fingerprint density at radius 3 is 2.71 bits per heavy atom. The van der Waals surface area contributed by atoms with Crippen LogP contribution in [0, 0.1) is 6.92 Å². The van der Waals surface area contributed by atoms with Gasteiger partial charge in [0.2, 0.25) is 5.91 Å². The number of nitrogens with zero attached hydrogens (tertiary/aromatic N) is 4. The lowest BCUT2D eigenvalue weighted by molar-refractivity contribution is -0.116. The van der Waals surface area contributed by atoms with Crippen LogP contribution in [0.25, 0.3) is 0 Å². The van der Waals surface area contributed by atoms with Gasteiger partial charge in [-0.05, 0) is 22.9 Å². The molecular formula is C12H15BrN6O2. The van der Waals surface area contributed by atoms with E-state index in [1.54, 1.807) is 24.1 Å². The van der Waals surface area contributed by atoms with E-state index in [9.17, 15) is 9.59 Å². The molecule has 0 saturated heterocycles. The number of amides is 2. The Hall–Kier alpha value is -2.16. The Balaban J connectivity index is 2.13. The molecule has 2 amide bonds. The third kappa shape index (κ3) is 3.30. The van der Waals surface area contributed by atoms with Crippen LogP contribution in [0.15, 0.2) is 16.9 Å². The first-order valence-corrected chi connectivity index (χ1v) is 6.95. The number of nitrogens with one attached hydrogen (secondary N) is 2. The molecule has 0 aliphatic heterocycles. The molecule has 2 aromatic heterocycles. The third-order valence-corrected chi connectivity index (χ3v) is 3.66. The van der Waals surface area contributed by atoms with E-state index in [-0.39, 0.29) is 24.1 Å². The number of aryl methyl sites for hydroxylation is 1. The van der Waals surface area contributed by atoms with Crippen LogP contribution in [-0.4, -0.2) is 38.4 Å². The fraction of sp³-hybridized carbons (Fsp3) is 0.333. The van der Waals surface area contributed by atoms with E-state index >= 15 is 0 Å². The average Bonchev–Trinajstić information content (AvgIpc) is 2.95. The summed E-state index contributed by atoms with van der Waals surface area (Å²) in [6, 6.07) is 0. The van der Waals surface area contributed by atoms with Crippen molar-refractivity contribution in [2.45, 2.75) is 13.5 Å². The molecule has 0 bridgehead atoms. The van der Waals surface area contributed by atoms with E-state index in [1.165, 1.54) is 11.7 Å². The second-order valence-corrected chi connectivity index (χ2v) is 5.28. The fourth-order valence-corrected chi connectivity index (χ4v) is 2.07. The van der Waals surface area contributed by atoms with Gasteiger partial charge >= 0.3 is 0 Å². The van der Waals surface area contributed by atoms with E-state index in [1.807, 2.05) is 6.92 Å². The van der Waals surface area contributed by atoms with E-state index in [0.29, 0.717) is 5.69 Å². The van der Waals surface area contributed by atoms with Crippen molar-refractivity contribution < 1.29 is 9.59 Å². The summed E-state index contributed by atoms with van der Waals surface area (Å²) in [5.74, 6) is -0.643. The Morgan fingerprint density at radius 2 is 2.14 bits per heavy atom. The maximum absolute atomic E-state index is 12.1. The van der Waals surface area contributed by atoms with Crippen LogP contribution in [-0.2, 0) is 18.4 Å². The van der Waals surface area contributed by atoms with Gasteiger partial charge in [-0.25, -0.2) is 0 Å². The molecule has 0 spiro atoms. The van der Waals surface area contributed by atoms with Crippen molar-refractivity contribution >= 4 is 33.4 Å². The first-order chi connectivity index (χ1) is 9.92. The first-order valence-electron chi connectivity index (χ1n) is 6.16. The SMILES string of the molecule is CNC(=O)c1nn(C)cc1NC(=O)Cn1ncc(Br)c1C. The minimum absolute atomic E-state index is 0.0551. The van der Waals surface area contributed by atoms with Gasteiger partial charge in [-0.3, -0.25) is 19.0 Å². The molecular weight excluding hydrogens is 340 g/mol. The molecule has 0 radical (unpaired) electrons. The third-order valence-electron chi connectivity index (χ3n) is 2.88. The standard InChI is InChI=1S/C12H15BrN6O2/c1-7-8(13)4-15-19(7)6-10(20)16-9-5-18(3)17-11(9)12(21)14-2/h4-5H,6H2,1-3H3,(H,14,21)(H,16,20). The highest BCUT2D eigenvalue weighted by atomic mass is 79.9. The number of anilines is 1. The smallest absolute Gasteiger partial charge is 0.273 e. The minimum atomic E-state index is -0.357. The maximum atomic E-state index is 12.1. The molecule has 0 saturated carbocycles. The van der Waals surface area contributed by atoms with Gasteiger partial charge < -0.3 is 10.6 Å². The monoisotopic (exact) mass is 354 g/mol. The quantitative estimate of drug-likeness (QED) is 0.844. The average molecular weight is 355 g/mol. The molecule has 2 rings (SSSR count). The second-order valence-electron chi connectivity index (χ2n) is 4.43. The van der Waals surface area contributed by atoms with Crippen molar-refractivity contribution in [3.05, 3.63) is 28.3 Å². The van der Waals surface area contributed by atoms with E-state index in [0.717, 1.165) is 10.2 Å². The van der Waals surface area contributed by atoms with E-state index in [2.05, 4.69) is 36.8 Å². The molecule has 112 valence electrons. The lowest BCUT2D eigenvalue weighted by Crippen LogP contribution is -2.24. The van der Waals surface area contributed by atoms with Crippen LogP contribution in [0.4, 0.5) is 5.69 Å². The molecule has 2 heterocycles. The fourth-order valence-electron chi connectivity index (χ4n) is 1.77. The molecule has 2 N–H and O–H groups in total. The number of rotatable bonds is 4. The van der Waals surface area contributed by atoms with Gasteiger partial charge in [-0.2, -0.15) is 10.2 Å². The largest absolute Gasteiger partial charge is 0.354 e. The maximum Gasteiger partial charge on any atom is 0.273 e. The number of aromatic nitrogens is 4. The van der Waals surface area contributed by atoms with Crippen molar-refractivity contribution in [2.24, 2.45) is 7.05 Å². The Labute approximate surface area is 129 Å². The topological polar surface area (TPSA) is 93.8 Å². The van der Waals surface area contributed by atoms with Gasteiger partial charge in [0, 0.05) is 20.3 Å². The van der Waals surface area contributed by atoms with Gasteiger partial charge in [0.1, 0.15) is 6.54 Å². The highest BCUT2D eigenvalue weighted by molar-refractivity contribution is 9.10. The summed E-state index contributed by atoms with van der Waals surface area (Å²) in [6.45, 7) is 1.91. The predicted molar refractivity (Wildman–Crippen MR) is 79.9 cm³/mol. The number of carbonyl (C=O) groups is 2. The molecule has 0 aromatic carbocycles. The van der Waals surface area contributed by atoms with Crippen molar-refractivity contribution in [1.82, 2.24) is 24.9 Å². The molecule has 0 aliphatic rings. The zero-order valence-electron chi connectivity index (χ0n) is 11.8. The van der Waals surface area contributed by atoms with Crippen LogP contribution >= 0.6 is 15.9 Å². The van der Waals surface area contributed by atoms with Crippen LogP contribution in [0.1, 0.15) is 16.2 Å². The van der Waals surface area contributed by atoms with E-state index < -0.39 is 0 Å².